The van der Waals surface area contributed by atoms with Gasteiger partial charge in [-0.15, -0.1) is 0 Å². The van der Waals surface area contributed by atoms with Crippen LogP contribution in [0.25, 0.3) is 0 Å². The molecule has 14 heavy (non-hydrogen) atoms. The molecule has 0 amide bonds. The third-order valence-corrected chi connectivity index (χ3v) is 3.40. The highest BCUT2D eigenvalue weighted by Crippen LogP contribution is 2.38. The summed E-state index contributed by atoms with van der Waals surface area (Å²) in [6.45, 7) is 4.79. The van der Waals surface area contributed by atoms with Gasteiger partial charge in [0.15, 0.2) is 0 Å². The van der Waals surface area contributed by atoms with Gasteiger partial charge >= 0.3 is 6.18 Å². The summed E-state index contributed by atoms with van der Waals surface area (Å²) in [5.74, 6) is -0.0310. The first-order chi connectivity index (χ1) is 6.52. The van der Waals surface area contributed by atoms with Crippen molar-refractivity contribution in [2.24, 2.45) is 11.8 Å². The number of rotatable bonds is 1. The molecule has 0 aliphatic carbocycles. The Labute approximate surface area is 81.5 Å². The van der Waals surface area contributed by atoms with Crippen molar-refractivity contribution in [3.05, 3.63) is 0 Å². The summed E-state index contributed by atoms with van der Waals surface area (Å²) in [6.07, 6.45) is -4.08. The Morgan fingerprint density at radius 2 is 2.07 bits per heavy atom. The number of nitrogens with zero attached hydrogens (tertiary/aromatic N) is 1. The van der Waals surface area contributed by atoms with Gasteiger partial charge in [-0.2, -0.15) is 13.2 Å². The molecule has 5 heteroatoms. The SMILES string of the molecule is CCN1C[C@@H]2CN[C@@H](C(F)(F)F)[C@@H]2C1. The lowest BCUT2D eigenvalue weighted by molar-refractivity contribution is -0.161. The van der Waals surface area contributed by atoms with E-state index in [-0.39, 0.29) is 11.8 Å². The zero-order chi connectivity index (χ0) is 10.3. The maximum atomic E-state index is 12.5. The average Bonchev–Trinajstić information content (AvgIpc) is 2.57. The predicted octanol–water partition coefficient (Wildman–Crippen LogP) is 1.09. The Morgan fingerprint density at radius 3 is 2.64 bits per heavy atom. The molecule has 2 saturated heterocycles. The van der Waals surface area contributed by atoms with Crippen molar-refractivity contribution >= 4 is 0 Å². The summed E-state index contributed by atoms with van der Waals surface area (Å²) in [4.78, 5) is 2.11. The van der Waals surface area contributed by atoms with Crippen molar-refractivity contribution in [3.8, 4) is 0 Å². The van der Waals surface area contributed by atoms with Gasteiger partial charge in [-0.25, -0.2) is 0 Å². The highest BCUT2D eigenvalue weighted by atomic mass is 19.4. The molecule has 0 spiro atoms. The lowest BCUT2D eigenvalue weighted by Crippen LogP contribution is -2.43. The third kappa shape index (κ3) is 1.63. The van der Waals surface area contributed by atoms with Crippen LogP contribution < -0.4 is 5.32 Å². The summed E-state index contributed by atoms with van der Waals surface area (Å²) < 4.78 is 37.6. The minimum Gasteiger partial charge on any atom is -0.306 e. The molecule has 0 radical (unpaired) electrons. The van der Waals surface area contributed by atoms with E-state index in [0.717, 1.165) is 13.1 Å². The fraction of sp³-hybridized carbons (Fsp3) is 1.00. The second-order valence-corrected chi connectivity index (χ2v) is 4.20. The Bertz CT molecular complexity index is 217. The maximum Gasteiger partial charge on any atom is 0.404 e. The van der Waals surface area contributed by atoms with Crippen molar-refractivity contribution in [2.75, 3.05) is 26.2 Å². The molecule has 2 aliphatic heterocycles. The highest BCUT2D eigenvalue weighted by molar-refractivity contribution is 5.00. The molecule has 2 rings (SSSR count). The molecule has 2 aliphatic rings. The maximum absolute atomic E-state index is 12.5. The van der Waals surface area contributed by atoms with Crippen LogP contribution in [0.4, 0.5) is 13.2 Å². The van der Waals surface area contributed by atoms with Gasteiger partial charge in [-0.05, 0) is 12.5 Å². The molecule has 2 nitrogen and oxygen atoms in total. The molecular weight excluding hydrogens is 193 g/mol. The van der Waals surface area contributed by atoms with E-state index in [4.69, 9.17) is 0 Å². The summed E-state index contributed by atoms with van der Waals surface area (Å²) in [7, 11) is 0. The number of likely N-dealkylation sites (tertiary alicyclic amines) is 1. The second kappa shape index (κ2) is 3.38. The van der Waals surface area contributed by atoms with Crippen LogP contribution in [0.15, 0.2) is 0 Å². The number of hydrogen-bond donors (Lipinski definition) is 1. The fourth-order valence-electron chi connectivity index (χ4n) is 2.63. The summed E-state index contributed by atoms with van der Waals surface area (Å²) >= 11 is 0. The van der Waals surface area contributed by atoms with Crippen LogP contribution in [-0.4, -0.2) is 43.3 Å². The number of alkyl halides is 3. The van der Waals surface area contributed by atoms with Gasteiger partial charge in [-0.3, -0.25) is 0 Å². The second-order valence-electron chi connectivity index (χ2n) is 4.20. The molecule has 0 aromatic rings. The predicted molar refractivity (Wildman–Crippen MR) is 46.9 cm³/mol. The number of nitrogens with one attached hydrogen (secondary N) is 1. The van der Waals surface area contributed by atoms with Crippen LogP contribution in [0.3, 0.4) is 0 Å². The Kier molecular flexibility index (Phi) is 2.47. The number of fused-ring (bicyclic) bond motifs is 1. The normalized spacial score (nSPS) is 39.0. The van der Waals surface area contributed by atoms with Gasteiger partial charge in [0.05, 0.1) is 0 Å². The standard InChI is InChI=1S/C9H15F3N2/c1-2-14-4-6-3-13-8(7(6)5-14)9(10,11)12/h6-8,13H,2-5H2,1H3/t6-,7+,8+/m0/s1. The lowest BCUT2D eigenvalue weighted by Gasteiger charge is -2.22. The summed E-state index contributed by atoms with van der Waals surface area (Å²) in [5, 5.41) is 2.59. The third-order valence-electron chi connectivity index (χ3n) is 3.40. The van der Waals surface area contributed by atoms with E-state index in [1.54, 1.807) is 0 Å². The van der Waals surface area contributed by atoms with Crippen molar-refractivity contribution in [1.82, 2.24) is 10.2 Å². The quantitative estimate of drug-likeness (QED) is 0.694. The average molecular weight is 208 g/mol. The molecule has 0 unspecified atom stereocenters. The summed E-state index contributed by atoms with van der Waals surface area (Å²) in [6, 6.07) is -1.27. The first kappa shape index (κ1) is 10.2. The first-order valence-corrected chi connectivity index (χ1v) is 5.05. The largest absolute Gasteiger partial charge is 0.404 e. The van der Waals surface area contributed by atoms with Gasteiger partial charge in [-0.1, -0.05) is 6.92 Å². The molecule has 0 bridgehead atoms. The fourth-order valence-corrected chi connectivity index (χ4v) is 2.63. The molecule has 0 aromatic carbocycles. The van der Waals surface area contributed by atoms with Gasteiger partial charge in [0, 0.05) is 25.6 Å². The molecule has 0 aromatic heterocycles. The Balaban J connectivity index is 2.05. The Morgan fingerprint density at radius 1 is 1.36 bits per heavy atom. The van der Waals surface area contributed by atoms with E-state index in [0.29, 0.717) is 13.1 Å². The zero-order valence-corrected chi connectivity index (χ0v) is 8.14. The number of hydrogen-bond acceptors (Lipinski definition) is 2. The minimum absolute atomic E-state index is 0.196. The molecule has 0 saturated carbocycles. The topological polar surface area (TPSA) is 15.3 Å². The molecule has 2 heterocycles. The zero-order valence-electron chi connectivity index (χ0n) is 8.14. The van der Waals surface area contributed by atoms with E-state index >= 15 is 0 Å². The monoisotopic (exact) mass is 208 g/mol. The van der Waals surface area contributed by atoms with E-state index < -0.39 is 12.2 Å². The lowest BCUT2D eigenvalue weighted by atomic mass is 9.94. The first-order valence-electron chi connectivity index (χ1n) is 5.05. The molecule has 1 N–H and O–H groups in total. The van der Waals surface area contributed by atoms with Crippen LogP contribution in [0.1, 0.15) is 6.92 Å². The highest BCUT2D eigenvalue weighted by Gasteiger charge is 2.53. The van der Waals surface area contributed by atoms with E-state index in [9.17, 15) is 13.2 Å². The van der Waals surface area contributed by atoms with Crippen molar-refractivity contribution < 1.29 is 13.2 Å². The number of halogens is 3. The van der Waals surface area contributed by atoms with E-state index in [1.807, 2.05) is 6.92 Å². The van der Waals surface area contributed by atoms with Crippen LogP contribution in [0, 0.1) is 11.8 Å². The van der Waals surface area contributed by atoms with Gasteiger partial charge in [0.2, 0.25) is 0 Å². The van der Waals surface area contributed by atoms with Crippen molar-refractivity contribution in [2.45, 2.75) is 19.1 Å². The molecular formula is C9H15F3N2. The summed E-state index contributed by atoms with van der Waals surface area (Å²) in [5.41, 5.74) is 0. The Hall–Kier alpha value is -0.290. The molecule has 82 valence electrons. The van der Waals surface area contributed by atoms with E-state index in [1.165, 1.54) is 0 Å². The van der Waals surface area contributed by atoms with Crippen LogP contribution >= 0.6 is 0 Å². The van der Waals surface area contributed by atoms with Gasteiger partial charge in [0.25, 0.3) is 0 Å². The van der Waals surface area contributed by atoms with Crippen LogP contribution in [0.2, 0.25) is 0 Å². The minimum atomic E-state index is -4.08. The molecule has 2 fully saturated rings. The smallest absolute Gasteiger partial charge is 0.306 e. The van der Waals surface area contributed by atoms with Crippen molar-refractivity contribution in [1.29, 1.82) is 0 Å². The molecule has 3 atom stereocenters. The van der Waals surface area contributed by atoms with E-state index in [2.05, 4.69) is 10.2 Å². The van der Waals surface area contributed by atoms with Crippen molar-refractivity contribution in [3.63, 3.8) is 0 Å². The van der Waals surface area contributed by atoms with Gasteiger partial charge in [0.1, 0.15) is 6.04 Å². The van der Waals surface area contributed by atoms with Crippen LogP contribution in [0.5, 0.6) is 0 Å². The van der Waals surface area contributed by atoms with Crippen LogP contribution in [-0.2, 0) is 0 Å². The van der Waals surface area contributed by atoms with Gasteiger partial charge < -0.3 is 10.2 Å².